The molecule has 8 nitrogen and oxygen atoms in total. The number of aliphatic hydroxyl groups is 1. The molecule has 16 heavy (non-hydrogen) atoms. The predicted molar refractivity (Wildman–Crippen MR) is 54.4 cm³/mol. The molecule has 0 heterocycles. The van der Waals surface area contributed by atoms with Crippen molar-refractivity contribution >= 4 is 15.6 Å². The van der Waals surface area contributed by atoms with Gasteiger partial charge in [-0.05, 0) is 13.3 Å². The maximum atomic E-state index is 10.9. The molecule has 0 aliphatic rings. The van der Waals surface area contributed by atoms with Crippen LogP contribution in [0.4, 0.5) is 0 Å². The molecule has 0 aromatic rings. The number of phosphoric acid groups is 2. The molecule has 96 valence electrons. The summed E-state index contributed by atoms with van der Waals surface area (Å²) in [6, 6.07) is 0. The van der Waals surface area contributed by atoms with E-state index in [1.807, 2.05) is 0 Å². The Morgan fingerprint density at radius 3 is 2.31 bits per heavy atom. The van der Waals surface area contributed by atoms with Crippen LogP contribution in [0.1, 0.15) is 13.3 Å². The van der Waals surface area contributed by atoms with E-state index in [0.717, 1.165) is 0 Å². The molecule has 1 unspecified atom stereocenters. The van der Waals surface area contributed by atoms with Crippen LogP contribution in [0, 0.1) is 0 Å². The van der Waals surface area contributed by atoms with Crippen LogP contribution >= 0.6 is 15.6 Å². The van der Waals surface area contributed by atoms with Gasteiger partial charge in [-0.15, -0.1) is 0 Å². The molecule has 10 heteroatoms. The van der Waals surface area contributed by atoms with Gasteiger partial charge in [-0.3, -0.25) is 4.52 Å². The maximum Gasteiger partial charge on any atom is 0.481 e. The van der Waals surface area contributed by atoms with Crippen molar-refractivity contribution in [2.75, 3.05) is 13.2 Å². The largest absolute Gasteiger partial charge is 0.481 e. The van der Waals surface area contributed by atoms with E-state index in [9.17, 15) is 9.13 Å². The molecule has 0 amide bonds. The lowest BCUT2D eigenvalue weighted by atomic mass is 10.2. The van der Waals surface area contributed by atoms with Crippen molar-refractivity contribution in [2.24, 2.45) is 0 Å². The number of aliphatic hydroxyl groups excluding tert-OH is 1. The minimum absolute atomic E-state index is 0.143. The van der Waals surface area contributed by atoms with Crippen molar-refractivity contribution < 1.29 is 37.8 Å². The quantitative estimate of drug-likeness (QED) is 0.301. The summed E-state index contributed by atoms with van der Waals surface area (Å²) in [4.78, 5) is 25.4. The zero-order valence-electron chi connectivity index (χ0n) is 8.51. The third-order valence-corrected chi connectivity index (χ3v) is 3.51. The van der Waals surface area contributed by atoms with Gasteiger partial charge in [0.05, 0.1) is 13.2 Å². The fourth-order valence-electron chi connectivity index (χ4n) is 0.696. The van der Waals surface area contributed by atoms with Crippen LogP contribution in [0.15, 0.2) is 11.6 Å². The van der Waals surface area contributed by atoms with Gasteiger partial charge in [0.2, 0.25) is 0 Å². The summed E-state index contributed by atoms with van der Waals surface area (Å²) in [7, 11) is -9.79. The van der Waals surface area contributed by atoms with E-state index in [4.69, 9.17) is 19.8 Å². The molecular weight excluding hydrogens is 262 g/mol. The first-order chi connectivity index (χ1) is 7.16. The summed E-state index contributed by atoms with van der Waals surface area (Å²) < 4.78 is 29.0. The minimum atomic E-state index is -5.05. The molecule has 0 spiro atoms. The van der Waals surface area contributed by atoms with Gasteiger partial charge in [0.1, 0.15) is 0 Å². The van der Waals surface area contributed by atoms with Crippen molar-refractivity contribution in [3.8, 4) is 0 Å². The molecule has 0 aliphatic carbocycles. The number of hydrogen-bond acceptors (Lipinski definition) is 5. The molecule has 0 rings (SSSR count). The Morgan fingerprint density at radius 2 is 1.88 bits per heavy atom. The summed E-state index contributed by atoms with van der Waals surface area (Å²) >= 11 is 0. The number of phosphoric ester groups is 1. The lowest BCUT2D eigenvalue weighted by Crippen LogP contribution is -1.95. The highest BCUT2D eigenvalue weighted by molar-refractivity contribution is 7.60. The molecule has 0 fully saturated rings. The number of hydrogen-bond donors (Lipinski definition) is 4. The Kier molecular flexibility index (Phi) is 6.62. The van der Waals surface area contributed by atoms with E-state index in [2.05, 4.69) is 8.83 Å². The highest BCUT2D eigenvalue weighted by atomic mass is 31.3. The molecule has 0 saturated heterocycles. The zero-order valence-corrected chi connectivity index (χ0v) is 10.3. The van der Waals surface area contributed by atoms with Crippen LogP contribution < -0.4 is 0 Å². The first kappa shape index (κ1) is 16.0. The van der Waals surface area contributed by atoms with E-state index in [0.29, 0.717) is 5.57 Å². The standard InChI is InChI=1S/C6H14O8P2/c1-6(5-7)3-2-4-13-16(11,12)14-15(8,9)10/h3,7H,2,4-5H2,1H3,(H,11,12)(H2,8,9,10)/b6-3+. The smallest absolute Gasteiger partial charge is 0.392 e. The fourth-order valence-corrected chi connectivity index (χ4v) is 2.30. The summed E-state index contributed by atoms with van der Waals surface area (Å²) in [5, 5.41) is 8.61. The monoisotopic (exact) mass is 276 g/mol. The van der Waals surface area contributed by atoms with Crippen LogP contribution in [-0.4, -0.2) is 33.0 Å². The predicted octanol–water partition coefficient (Wildman–Crippen LogP) is 0.541. The Labute approximate surface area is 92.4 Å². The molecule has 0 aromatic carbocycles. The van der Waals surface area contributed by atoms with Crippen LogP contribution in [0.5, 0.6) is 0 Å². The SMILES string of the molecule is C/C(=C\CCOP(=O)(O)OP(=O)(O)O)CO. The van der Waals surface area contributed by atoms with E-state index in [1.54, 1.807) is 13.0 Å². The zero-order chi connectivity index (χ0) is 12.8. The molecule has 0 radical (unpaired) electrons. The van der Waals surface area contributed by atoms with E-state index in [1.165, 1.54) is 0 Å². The van der Waals surface area contributed by atoms with E-state index < -0.39 is 15.6 Å². The first-order valence-corrected chi connectivity index (χ1v) is 7.19. The third kappa shape index (κ3) is 9.21. The third-order valence-electron chi connectivity index (χ3n) is 1.32. The van der Waals surface area contributed by atoms with Gasteiger partial charge in [0.15, 0.2) is 0 Å². The maximum absolute atomic E-state index is 10.9. The molecule has 0 saturated carbocycles. The molecule has 0 aromatic heterocycles. The minimum Gasteiger partial charge on any atom is -0.392 e. The van der Waals surface area contributed by atoms with Crippen molar-refractivity contribution in [1.82, 2.24) is 0 Å². The van der Waals surface area contributed by atoms with Crippen LogP contribution in [-0.2, 0) is 18.0 Å². The topological polar surface area (TPSA) is 134 Å². The average molecular weight is 276 g/mol. The molecule has 4 N–H and O–H groups in total. The molecule has 0 aliphatic heterocycles. The molecular formula is C6H14O8P2. The van der Waals surface area contributed by atoms with Crippen molar-refractivity contribution in [1.29, 1.82) is 0 Å². The lowest BCUT2D eigenvalue weighted by molar-refractivity contribution is 0.180. The average Bonchev–Trinajstić information content (AvgIpc) is 2.08. The summed E-state index contributed by atoms with van der Waals surface area (Å²) in [5.74, 6) is 0. The Morgan fingerprint density at radius 1 is 1.31 bits per heavy atom. The highest BCUT2D eigenvalue weighted by Gasteiger charge is 2.31. The normalized spacial score (nSPS) is 17.2. The second-order valence-electron chi connectivity index (χ2n) is 2.87. The second kappa shape index (κ2) is 6.64. The van der Waals surface area contributed by atoms with Gasteiger partial charge in [-0.2, -0.15) is 4.31 Å². The van der Waals surface area contributed by atoms with Gasteiger partial charge < -0.3 is 19.8 Å². The Hall–Kier alpha value is -0.0400. The molecule has 0 bridgehead atoms. The van der Waals surface area contributed by atoms with Crippen molar-refractivity contribution in [3.63, 3.8) is 0 Å². The van der Waals surface area contributed by atoms with Crippen LogP contribution in [0.3, 0.4) is 0 Å². The molecule has 1 atom stereocenters. The summed E-state index contributed by atoms with van der Waals surface area (Å²) in [5.41, 5.74) is 0.646. The summed E-state index contributed by atoms with van der Waals surface area (Å²) in [6.45, 7) is 1.24. The van der Waals surface area contributed by atoms with E-state index in [-0.39, 0.29) is 19.6 Å². The van der Waals surface area contributed by atoms with Gasteiger partial charge in [0.25, 0.3) is 0 Å². The summed E-state index contributed by atoms with van der Waals surface area (Å²) in [6.07, 6.45) is 1.76. The van der Waals surface area contributed by atoms with Gasteiger partial charge >= 0.3 is 15.6 Å². The Balaban J connectivity index is 4.02. The van der Waals surface area contributed by atoms with Crippen LogP contribution in [0.25, 0.3) is 0 Å². The van der Waals surface area contributed by atoms with Crippen molar-refractivity contribution in [2.45, 2.75) is 13.3 Å². The van der Waals surface area contributed by atoms with Crippen molar-refractivity contribution in [3.05, 3.63) is 11.6 Å². The number of rotatable bonds is 7. The highest BCUT2D eigenvalue weighted by Crippen LogP contribution is 2.57. The van der Waals surface area contributed by atoms with Gasteiger partial charge in [-0.1, -0.05) is 11.6 Å². The van der Waals surface area contributed by atoms with E-state index >= 15 is 0 Å². The fraction of sp³-hybridized carbons (Fsp3) is 0.667. The van der Waals surface area contributed by atoms with Crippen LogP contribution in [0.2, 0.25) is 0 Å². The Bertz CT molecular complexity index is 331. The van der Waals surface area contributed by atoms with Gasteiger partial charge in [0, 0.05) is 0 Å². The lowest BCUT2D eigenvalue weighted by Gasteiger charge is -2.11. The second-order valence-corrected chi connectivity index (χ2v) is 5.70. The van der Waals surface area contributed by atoms with Gasteiger partial charge in [-0.25, -0.2) is 9.13 Å². The first-order valence-electron chi connectivity index (χ1n) is 4.17.